The van der Waals surface area contributed by atoms with Crippen LogP contribution >= 0.6 is 11.8 Å². The third kappa shape index (κ3) is 4.06. The molecule has 1 amide bonds. The molecule has 0 saturated carbocycles. The van der Waals surface area contributed by atoms with E-state index in [9.17, 15) is 9.90 Å². The highest BCUT2D eigenvalue weighted by Gasteiger charge is 2.14. The average Bonchev–Trinajstić information content (AvgIpc) is 3.02. The first-order chi connectivity index (χ1) is 12.6. The third-order valence-corrected chi connectivity index (χ3v) is 4.44. The van der Waals surface area contributed by atoms with Crippen LogP contribution in [0.3, 0.4) is 0 Å². The van der Waals surface area contributed by atoms with Gasteiger partial charge >= 0.3 is 0 Å². The Kier molecular flexibility index (Phi) is 5.28. The quantitative estimate of drug-likeness (QED) is 0.345. The van der Waals surface area contributed by atoms with Crippen LogP contribution in [0.25, 0.3) is 11.4 Å². The topological polar surface area (TPSA) is 115 Å². The van der Waals surface area contributed by atoms with E-state index in [2.05, 4.69) is 15.5 Å². The van der Waals surface area contributed by atoms with Crippen molar-refractivity contribution < 1.29 is 14.6 Å². The monoisotopic (exact) mass is 371 g/mol. The Bertz CT molecular complexity index is 894. The van der Waals surface area contributed by atoms with E-state index >= 15 is 0 Å². The lowest BCUT2D eigenvalue weighted by atomic mass is 10.2. The number of hydrogen-bond donors (Lipinski definition) is 3. The van der Waals surface area contributed by atoms with Gasteiger partial charge in [0, 0.05) is 11.3 Å². The van der Waals surface area contributed by atoms with E-state index in [0.29, 0.717) is 16.7 Å². The van der Waals surface area contributed by atoms with Gasteiger partial charge in [0.05, 0.1) is 12.9 Å². The van der Waals surface area contributed by atoms with Crippen molar-refractivity contribution in [1.82, 2.24) is 14.9 Å². The highest BCUT2D eigenvalue weighted by Crippen LogP contribution is 2.23. The lowest BCUT2D eigenvalue weighted by Crippen LogP contribution is -2.16. The van der Waals surface area contributed by atoms with E-state index in [1.807, 2.05) is 24.3 Å². The summed E-state index contributed by atoms with van der Waals surface area (Å²) in [7, 11) is 1.60. The van der Waals surface area contributed by atoms with Gasteiger partial charge in [-0.05, 0) is 48.5 Å². The Labute approximate surface area is 154 Å². The number of carbonyl (C=O) groups excluding carboxylic acids is 1. The summed E-state index contributed by atoms with van der Waals surface area (Å²) in [5.74, 6) is 7.32. The number of methoxy groups -OCH3 is 1. The van der Waals surface area contributed by atoms with Crippen molar-refractivity contribution >= 4 is 23.4 Å². The number of ether oxygens (including phenoxy) is 1. The molecule has 0 radical (unpaired) electrons. The Morgan fingerprint density at radius 2 is 1.88 bits per heavy atom. The second-order valence-electron chi connectivity index (χ2n) is 5.29. The van der Waals surface area contributed by atoms with Gasteiger partial charge in [0.15, 0.2) is 5.82 Å². The normalized spacial score (nSPS) is 10.5. The van der Waals surface area contributed by atoms with Crippen LogP contribution in [-0.2, 0) is 4.79 Å². The van der Waals surface area contributed by atoms with Gasteiger partial charge in [0.2, 0.25) is 11.1 Å². The molecular formula is C17H17N5O3S. The third-order valence-electron chi connectivity index (χ3n) is 3.50. The van der Waals surface area contributed by atoms with Crippen LogP contribution in [0.4, 0.5) is 5.69 Å². The van der Waals surface area contributed by atoms with Crippen molar-refractivity contribution in [2.75, 3.05) is 24.0 Å². The van der Waals surface area contributed by atoms with Crippen LogP contribution in [0.5, 0.6) is 11.5 Å². The molecule has 0 aliphatic carbocycles. The summed E-state index contributed by atoms with van der Waals surface area (Å²) in [6.45, 7) is 0. The van der Waals surface area contributed by atoms with Gasteiger partial charge in [-0.15, -0.1) is 10.2 Å². The highest BCUT2D eigenvalue weighted by molar-refractivity contribution is 7.99. The molecule has 0 aliphatic rings. The van der Waals surface area contributed by atoms with Gasteiger partial charge in [0.1, 0.15) is 11.5 Å². The van der Waals surface area contributed by atoms with E-state index < -0.39 is 0 Å². The fraction of sp³-hybridized carbons (Fsp3) is 0.118. The number of rotatable bonds is 6. The molecule has 26 heavy (non-hydrogen) atoms. The molecule has 3 aromatic rings. The second kappa shape index (κ2) is 7.79. The average molecular weight is 371 g/mol. The summed E-state index contributed by atoms with van der Waals surface area (Å²) >= 11 is 1.18. The predicted octanol–water partition coefficient (Wildman–Crippen LogP) is 2.10. The Balaban J connectivity index is 1.62. The number of amides is 1. The van der Waals surface area contributed by atoms with Crippen molar-refractivity contribution in [2.24, 2.45) is 0 Å². The number of thioether (sulfide) groups is 1. The lowest BCUT2D eigenvalue weighted by molar-refractivity contribution is -0.113. The van der Waals surface area contributed by atoms with Crippen LogP contribution in [0.15, 0.2) is 53.7 Å². The number of nitrogens with two attached hydrogens (primary N) is 1. The van der Waals surface area contributed by atoms with Crippen LogP contribution in [0.2, 0.25) is 0 Å². The number of benzene rings is 2. The predicted molar refractivity (Wildman–Crippen MR) is 99.6 cm³/mol. The molecule has 0 fully saturated rings. The molecule has 2 aromatic carbocycles. The summed E-state index contributed by atoms with van der Waals surface area (Å²) in [5.41, 5.74) is 1.39. The number of hydrogen-bond acceptors (Lipinski definition) is 7. The number of nitrogens with zero attached hydrogens (tertiary/aromatic N) is 3. The SMILES string of the molecule is COc1ccc(-c2nnc(SCC(=O)Nc3ccc(O)cc3)n2N)cc1. The maximum Gasteiger partial charge on any atom is 0.234 e. The zero-order valence-electron chi connectivity index (χ0n) is 13.9. The van der Waals surface area contributed by atoms with E-state index in [-0.39, 0.29) is 17.4 Å². The standard InChI is InChI=1S/C17H17N5O3S/c1-25-14-8-2-11(3-9-14)16-20-21-17(22(16)18)26-10-15(24)19-12-4-6-13(23)7-5-12/h2-9,23H,10,18H2,1H3,(H,19,24). The first kappa shape index (κ1) is 17.6. The van der Waals surface area contributed by atoms with E-state index in [4.69, 9.17) is 10.6 Å². The molecule has 0 aliphatic heterocycles. The maximum atomic E-state index is 12.0. The fourth-order valence-corrected chi connectivity index (χ4v) is 2.84. The molecule has 1 heterocycles. The Hall–Kier alpha value is -3.20. The molecule has 8 nitrogen and oxygen atoms in total. The molecule has 3 rings (SSSR count). The lowest BCUT2D eigenvalue weighted by Gasteiger charge is -2.06. The van der Waals surface area contributed by atoms with Crippen molar-refractivity contribution in [3.05, 3.63) is 48.5 Å². The van der Waals surface area contributed by atoms with Gasteiger partial charge in [-0.2, -0.15) is 0 Å². The largest absolute Gasteiger partial charge is 0.508 e. The molecule has 134 valence electrons. The molecule has 0 bridgehead atoms. The molecule has 0 atom stereocenters. The number of aromatic nitrogens is 3. The van der Waals surface area contributed by atoms with E-state index in [1.54, 1.807) is 19.2 Å². The molecular weight excluding hydrogens is 354 g/mol. The summed E-state index contributed by atoms with van der Waals surface area (Å²) < 4.78 is 6.47. The number of anilines is 1. The number of nitrogen functional groups attached to an aromatic ring is 1. The van der Waals surface area contributed by atoms with Crippen LogP contribution in [0.1, 0.15) is 0 Å². The molecule has 0 saturated heterocycles. The van der Waals surface area contributed by atoms with Crippen molar-refractivity contribution in [3.63, 3.8) is 0 Å². The zero-order valence-corrected chi connectivity index (χ0v) is 14.7. The molecule has 4 N–H and O–H groups in total. The first-order valence-corrected chi connectivity index (χ1v) is 8.62. The summed E-state index contributed by atoms with van der Waals surface area (Å²) in [6.07, 6.45) is 0. The van der Waals surface area contributed by atoms with E-state index in [0.717, 1.165) is 11.3 Å². The van der Waals surface area contributed by atoms with Gasteiger partial charge < -0.3 is 21.0 Å². The van der Waals surface area contributed by atoms with Gasteiger partial charge in [0.25, 0.3) is 0 Å². The minimum atomic E-state index is -0.213. The van der Waals surface area contributed by atoms with Crippen LogP contribution in [-0.4, -0.2) is 38.7 Å². The van der Waals surface area contributed by atoms with Gasteiger partial charge in [-0.1, -0.05) is 11.8 Å². The summed E-state index contributed by atoms with van der Waals surface area (Å²) in [5, 5.41) is 20.5. The highest BCUT2D eigenvalue weighted by atomic mass is 32.2. The Morgan fingerprint density at radius 3 is 2.54 bits per heavy atom. The number of carbonyl (C=O) groups is 1. The summed E-state index contributed by atoms with van der Waals surface area (Å²) in [4.78, 5) is 12.0. The number of phenols is 1. The van der Waals surface area contributed by atoms with Crippen molar-refractivity contribution in [1.29, 1.82) is 0 Å². The summed E-state index contributed by atoms with van der Waals surface area (Å²) in [6, 6.07) is 13.5. The van der Waals surface area contributed by atoms with Gasteiger partial charge in [-0.25, -0.2) is 4.68 Å². The minimum absolute atomic E-state index is 0.124. The van der Waals surface area contributed by atoms with Crippen LogP contribution in [0, 0.1) is 0 Å². The fourth-order valence-electron chi connectivity index (χ4n) is 2.18. The number of aromatic hydroxyl groups is 1. The number of nitrogens with one attached hydrogen (secondary N) is 1. The van der Waals surface area contributed by atoms with Crippen molar-refractivity contribution in [2.45, 2.75) is 5.16 Å². The minimum Gasteiger partial charge on any atom is -0.508 e. The smallest absolute Gasteiger partial charge is 0.234 e. The molecule has 1 aromatic heterocycles. The van der Waals surface area contributed by atoms with Crippen molar-refractivity contribution in [3.8, 4) is 22.9 Å². The van der Waals surface area contributed by atoms with Crippen LogP contribution < -0.4 is 15.9 Å². The Morgan fingerprint density at radius 1 is 1.19 bits per heavy atom. The maximum absolute atomic E-state index is 12.0. The molecule has 9 heteroatoms. The molecule has 0 unspecified atom stereocenters. The molecule has 0 spiro atoms. The van der Waals surface area contributed by atoms with E-state index in [1.165, 1.54) is 28.6 Å². The zero-order chi connectivity index (χ0) is 18.5. The first-order valence-electron chi connectivity index (χ1n) is 7.63. The number of phenolic OH excluding ortho intramolecular Hbond substituents is 1. The second-order valence-corrected chi connectivity index (χ2v) is 6.23. The van der Waals surface area contributed by atoms with Gasteiger partial charge in [-0.3, -0.25) is 4.79 Å².